The molecule has 112 valence electrons. The molecule has 0 unspecified atom stereocenters. The number of ether oxygens (including phenoxy) is 2. The quantitative estimate of drug-likeness (QED) is 0.390. The molecule has 4 heteroatoms. The summed E-state index contributed by atoms with van der Waals surface area (Å²) in [6, 6.07) is 0. The fourth-order valence-corrected chi connectivity index (χ4v) is 6.42. The smallest absolute Gasteiger partial charge is 0.318 e. The highest BCUT2D eigenvalue weighted by Crippen LogP contribution is 2.72. The maximum absolute atomic E-state index is 12.4. The van der Waals surface area contributed by atoms with Gasteiger partial charge >= 0.3 is 11.9 Å². The SMILES string of the molecule is O=C1OC(=O)[C@@H]2[C@H]1[C@@H]1C=C[C@]23CCCC[C@@]32CCCO[C@@H]12. The molecule has 4 fully saturated rings. The molecule has 4 aliphatic carbocycles. The monoisotopic (exact) mass is 288 g/mol. The molecule has 2 aliphatic heterocycles. The molecule has 4 nitrogen and oxygen atoms in total. The van der Waals surface area contributed by atoms with Gasteiger partial charge in [0, 0.05) is 23.4 Å². The van der Waals surface area contributed by atoms with Gasteiger partial charge in [0.25, 0.3) is 0 Å². The Morgan fingerprint density at radius 1 is 1.05 bits per heavy atom. The Bertz CT molecular complexity index is 561. The molecule has 2 bridgehead atoms. The van der Waals surface area contributed by atoms with E-state index in [9.17, 15) is 9.59 Å². The van der Waals surface area contributed by atoms with Crippen molar-refractivity contribution in [2.24, 2.45) is 28.6 Å². The molecule has 6 aliphatic rings. The topological polar surface area (TPSA) is 52.6 Å². The summed E-state index contributed by atoms with van der Waals surface area (Å²) in [6.45, 7) is 0.785. The minimum atomic E-state index is -0.313. The Hall–Kier alpha value is -1.16. The highest BCUT2D eigenvalue weighted by atomic mass is 16.6. The van der Waals surface area contributed by atoms with Crippen molar-refractivity contribution < 1.29 is 19.1 Å². The molecule has 6 rings (SSSR count). The first-order valence-corrected chi connectivity index (χ1v) is 8.26. The lowest BCUT2D eigenvalue weighted by Gasteiger charge is -2.67. The van der Waals surface area contributed by atoms with Gasteiger partial charge in [-0.3, -0.25) is 9.59 Å². The van der Waals surface area contributed by atoms with Crippen LogP contribution in [-0.4, -0.2) is 24.6 Å². The van der Waals surface area contributed by atoms with Crippen LogP contribution in [-0.2, 0) is 19.1 Å². The Morgan fingerprint density at radius 3 is 2.76 bits per heavy atom. The van der Waals surface area contributed by atoms with Gasteiger partial charge < -0.3 is 9.47 Å². The molecule has 6 atom stereocenters. The van der Waals surface area contributed by atoms with Crippen LogP contribution in [0.5, 0.6) is 0 Å². The molecule has 2 spiro atoms. The Labute approximate surface area is 123 Å². The van der Waals surface area contributed by atoms with Gasteiger partial charge in [0.15, 0.2) is 0 Å². The first-order chi connectivity index (χ1) is 10.2. The number of cyclic esters (lactones) is 2. The summed E-state index contributed by atoms with van der Waals surface area (Å²) in [5.74, 6) is -1.10. The predicted molar refractivity (Wildman–Crippen MR) is 73.0 cm³/mol. The van der Waals surface area contributed by atoms with E-state index in [0.29, 0.717) is 0 Å². The van der Waals surface area contributed by atoms with Gasteiger partial charge in [0.05, 0.1) is 17.9 Å². The average Bonchev–Trinajstić information content (AvgIpc) is 2.82. The predicted octanol–water partition coefficient (Wildman–Crippen LogP) is 2.23. The van der Waals surface area contributed by atoms with Crippen LogP contribution in [0, 0.1) is 28.6 Å². The Kier molecular flexibility index (Phi) is 2.23. The zero-order valence-electron chi connectivity index (χ0n) is 12.0. The van der Waals surface area contributed by atoms with Crippen molar-refractivity contribution in [3.63, 3.8) is 0 Å². The molecule has 0 aromatic heterocycles. The number of carbonyl (C=O) groups excluding carboxylic acids is 2. The lowest BCUT2D eigenvalue weighted by Crippen LogP contribution is -2.68. The van der Waals surface area contributed by atoms with Crippen LogP contribution in [0.15, 0.2) is 12.2 Å². The van der Waals surface area contributed by atoms with Crippen molar-refractivity contribution in [3.8, 4) is 0 Å². The number of rotatable bonds is 0. The van der Waals surface area contributed by atoms with E-state index in [1.54, 1.807) is 0 Å². The van der Waals surface area contributed by atoms with Gasteiger partial charge in [-0.15, -0.1) is 0 Å². The van der Waals surface area contributed by atoms with E-state index in [2.05, 4.69) is 12.2 Å². The number of hydrogen-bond acceptors (Lipinski definition) is 4. The number of hydrogen-bond donors (Lipinski definition) is 0. The van der Waals surface area contributed by atoms with E-state index in [0.717, 1.165) is 38.7 Å². The van der Waals surface area contributed by atoms with Crippen LogP contribution >= 0.6 is 0 Å². The summed E-state index contributed by atoms with van der Waals surface area (Å²) in [5.41, 5.74) is -0.132. The Balaban J connectivity index is 1.75. The third-order valence-corrected chi connectivity index (χ3v) is 7.02. The maximum atomic E-state index is 12.4. The molecule has 0 amide bonds. The molecule has 0 aromatic rings. The van der Waals surface area contributed by atoms with Gasteiger partial charge in [0.2, 0.25) is 0 Å². The normalized spacial score (nSPS) is 53.9. The van der Waals surface area contributed by atoms with Crippen LogP contribution in [0.2, 0.25) is 0 Å². The molecule has 2 saturated heterocycles. The van der Waals surface area contributed by atoms with Crippen LogP contribution in [0.1, 0.15) is 38.5 Å². The van der Waals surface area contributed by atoms with Crippen LogP contribution in [0.25, 0.3) is 0 Å². The second-order valence-corrected chi connectivity index (χ2v) is 7.48. The van der Waals surface area contributed by atoms with Gasteiger partial charge in [-0.1, -0.05) is 25.0 Å². The summed E-state index contributed by atoms with van der Waals surface area (Å²) in [5, 5.41) is 0. The molecule has 2 heterocycles. The van der Waals surface area contributed by atoms with Gasteiger partial charge in [0.1, 0.15) is 0 Å². The largest absolute Gasteiger partial charge is 0.393 e. The summed E-state index contributed by atoms with van der Waals surface area (Å²) in [6.07, 6.45) is 11.2. The van der Waals surface area contributed by atoms with Crippen molar-refractivity contribution in [1.29, 1.82) is 0 Å². The van der Waals surface area contributed by atoms with E-state index in [-0.39, 0.29) is 46.6 Å². The molecule has 2 saturated carbocycles. The highest BCUT2D eigenvalue weighted by molar-refractivity contribution is 5.98. The van der Waals surface area contributed by atoms with Gasteiger partial charge in [-0.25, -0.2) is 0 Å². The fraction of sp³-hybridized carbons (Fsp3) is 0.765. The summed E-state index contributed by atoms with van der Waals surface area (Å²) >= 11 is 0. The van der Waals surface area contributed by atoms with E-state index in [4.69, 9.17) is 9.47 Å². The first kappa shape index (κ1) is 12.4. The summed E-state index contributed by atoms with van der Waals surface area (Å²) < 4.78 is 11.3. The number of esters is 2. The maximum Gasteiger partial charge on any atom is 0.318 e. The van der Waals surface area contributed by atoms with Crippen molar-refractivity contribution in [2.45, 2.75) is 44.6 Å². The molecule has 0 N–H and O–H groups in total. The molecule has 21 heavy (non-hydrogen) atoms. The molecular formula is C17H20O4. The van der Waals surface area contributed by atoms with Crippen molar-refractivity contribution in [1.82, 2.24) is 0 Å². The van der Waals surface area contributed by atoms with E-state index >= 15 is 0 Å². The zero-order chi connectivity index (χ0) is 14.2. The van der Waals surface area contributed by atoms with Crippen molar-refractivity contribution in [2.75, 3.05) is 6.61 Å². The molecular weight excluding hydrogens is 268 g/mol. The van der Waals surface area contributed by atoms with Crippen LogP contribution < -0.4 is 0 Å². The standard InChI is InChI=1S/C17H20O4/c18-14-11-10-4-8-16(12(11)15(19)21-14)5-1-2-6-17(16)7-3-9-20-13(10)17/h4,8,10-13H,1-3,5-7,9H2/t10-,11+,12-,13-,16+,17-/m0/s1. The highest BCUT2D eigenvalue weighted by Gasteiger charge is 2.74. The minimum absolute atomic E-state index is 0.0363. The second kappa shape index (κ2) is 3.78. The Morgan fingerprint density at radius 2 is 1.86 bits per heavy atom. The van der Waals surface area contributed by atoms with E-state index in [1.807, 2.05) is 0 Å². The summed E-state index contributed by atoms with van der Waals surface area (Å²) in [4.78, 5) is 24.6. The second-order valence-electron chi connectivity index (χ2n) is 7.48. The van der Waals surface area contributed by atoms with E-state index in [1.165, 1.54) is 6.42 Å². The minimum Gasteiger partial charge on any atom is -0.393 e. The van der Waals surface area contributed by atoms with Crippen LogP contribution in [0.3, 0.4) is 0 Å². The van der Waals surface area contributed by atoms with Gasteiger partial charge in [-0.2, -0.15) is 0 Å². The number of allylic oxidation sites excluding steroid dienone is 1. The average molecular weight is 288 g/mol. The van der Waals surface area contributed by atoms with E-state index < -0.39 is 0 Å². The third kappa shape index (κ3) is 1.20. The number of carbonyl (C=O) groups is 2. The van der Waals surface area contributed by atoms with Crippen LogP contribution in [0.4, 0.5) is 0 Å². The van der Waals surface area contributed by atoms with Gasteiger partial charge in [-0.05, 0) is 25.7 Å². The first-order valence-electron chi connectivity index (χ1n) is 8.26. The molecule has 0 radical (unpaired) electrons. The lowest BCUT2D eigenvalue weighted by atomic mass is 9.37. The lowest BCUT2D eigenvalue weighted by molar-refractivity contribution is -0.231. The van der Waals surface area contributed by atoms with Crippen molar-refractivity contribution in [3.05, 3.63) is 12.2 Å². The summed E-state index contributed by atoms with van der Waals surface area (Å²) in [7, 11) is 0. The zero-order valence-corrected chi connectivity index (χ0v) is 12.0. The van der Waals surface area contributed by atoms with Crippen molar-refractivity contribution >= 4 is 11.9 Å². The molecule has 0 aromatic carbocycles. The fourth-order valence-electron chi connectivity index (χ4n) is 6.42. The third-order valence-electron chi connectivity index (χ3n) is 7.02.